The molecule has 0 spiro atoms. The number of aromatic hydroxyl groups is 3. The van der Waals surface area contributed by atoms with Gasteiger partial charge >= 0.3 is 11.9 Å². The molecule has 0 aliphatic heterocycles. The Bertz CT molecular complexity index is 1500. The van der Waals surface area contributed by atoms with Gasteiger partial charge in [-0.05, 0) is 78.2 Å². The van der Waals surface area contributed by atoms with Crippen molar-refractivity contribution in [3.8, 4) is 28.7 Å². The van der Waals surface area contributed by atoms with Gasteiger partial charge in [0.1, 0.15) is 67.4 Å². The Balaban J connectivity index is 1.22. The average molecular weight is 647 g/mol. The number of aryl methyl sites for hydroxylation is 1. The molecule has 4 aromatic rings. The van der Waals surface area contributed by atoms with Crippen LogP contribution in [0.1, 0.15) is 51.3 Å². The Morgan fingerprint density at radius 3 is 1.38 bits per heavy atom. The highest BCUT2D eigenvalue weighted by Crippen LogP contribution is 2.33. The van der Waals surface area contributed by atoms with Crippen molar-refractivity contribution in [3.05, 3.63) is 113 Å². The number of aliphatic hydroxyl groups excluding tert-OH is 2. The quantitative estimate of drug-likeness (QED) is 0.121. The van der Waals surface area contributed by atoms with Crippen LogP contribution in [0.3, 0.4) is 0 Å². The number of phenolic OH excluding ortho intramolecular Hbond substituents is 3. The van der Waals surface area contributed by atoms with Crippen LogP contribution >= 0.6 is 0 Å². The summed E-state index contributed by atoms with van der Waals surface area (Å²) in [6.45, 7) is 5.05. The van der Waals surface area contributed by atoms with Gasteiger partial charge in [0, 0.05) is 11.5 Å². The predicted octanol–water partition coefficient (Wildman–Crippen LogP) is 4.63. The number of ether oxygens (including phenoxy) is 4. The van der Waals surface area contributed by atoms with Gasteiger partial charge in [-0.2, -0.15) is 0 Å². The SMILES string of the molecule is Cc1cc(O)cc(C(=O)OCC(O)COc2ccc(C(C)(C)c3ccc(OCC(O)COC(=O)c4cc(O)cc(O)c4)cc3)cc2)c1. The van der Waals surface area contributed by atoms with Gasteiger partial charge < -0.3 is 44.5 Å². The van der Waals surface area contributed by atoms with E-state index in [-0.39, 0.29) is 60.2 Å². The van der Waals surface area contributed by atoms with Crippen molar-refractivity contribution < 1.29 is 54.1 Å². The van der Waals surface area contributed by atoms with Gasteiger partial charge in [0.15, 0.2) is 0 Å². The highest BCUT2D eigenvalue weighted by Gasteiger charge is 2.23. The summed E-state index contributed by atoms with van der Waals surface area (Å²) in [5.74, 6) is -1.03. The predicted molar refractivity (Wildman–Crippen MR) is 171 cm³/mol. The van der Waals surface area contributed by atoms with Gasteiger partial charge in [0.05, 0.1) is 11.1 Å². The molecular weight excluding hydrogens is 608 g/mol. The van der Waals surface area contributed by atoms with Gasteiger partial charge in [0.2, 0.25) is 0 Å². The Labute approximate surface area is 272 Å². The normalized spacial score (nSPS) is 12.5. The topological polar surface area (TPSA) is 172 Å². The second-order valence-electron chi connectivity index (χ2n) is 11.6. The fraction of sp³-hybridized carbons (Fsp3) is 0.278. The average Bonchev–Trinajstić information content (AvgIpc) is 3.03. The highest BCUT2D eigenvalue weighted by atomic mass is 16.6. The molecule has 248 valence electrons. The Morgan fingerprint density at radius 1 is 0.596 bits per heavy atom. The standard InChI is InChI=1S/C36H38O11/c1-22-12-23(14-27(37)13-22)34(42)46-20-30(40)18-44-32-8-4-25(5-9-32)36(2,3)26-6-10-33(11-7-26)45-19-31(41)21-47-35(43)24-15-28(38)17-29(39)16-24/h4-17,30-31,37-41H,18-21H2,1-3H3. The summed E-state index contributed by atoms with van der Waals surface area (Å²) in [4.78, 5) is 24.3. The molecule has 11 heteroatoms. The molecule has 0 aliphatic carbocycles. The number of hydrogen-bond donors (Lipinski definition) is 5. The van der Waals surface area contributed by atoms with E-state index in [1.54, 1.807) is 37.3 Å². The zero-order valence-electron chi connectivity index (χ0n) is 26.3. The number of carbonyl (C=O) groups excluding carboxylic acids is 2. The largest absolute Gasteiger partial charge is 0.508 e. The van der Waals surface area contributed by atoms with E-state index in [1.807, 2.05) is 24.3 Å². The van der Waals surface area contributed by atoms with Crippen LogP contribution in [0.5, 0.6) is 28.7 Å². The van der Waals surface area contributed by atoms with Crippen LogP contribution in [-0.2, 0) is 14.9 Å². The van der Waals surface area contributed by atoms with Crippen LogP contribution in [0.4, 0.5) is 0 Å². The highest BCUT2D eigenvalue weighted by molar-refractivity contribution is 5.90. The molecule has 2 atom stereocenters. The molecule has 0 saturated carbocycles. The number of rotatable bonds is 14. The lowest BCUT2D eigenvalue weighted by molar-refractivity contribution is 0.0127. The summed E-state index contributed by atoms with van der Waals surface area (Å²) < 4.78 is 21.5. The van der Waals surface area contributed by atoms with E-state index >= 15 is 0 Å². The first kappa shape index (κ1) is 34.6. The molecule has 5 N–H and O–H groups in total. The van der Waals surface area contributed by atoms with Crippen LogP contribution < -0.4 is 9.47 Å². The third-order valence-electron chi connectivity index (χ3n) is 7.29. The monoisotopic (exact) mass is 646 g/mol. The zero-order valence-corrected chi connectivity index (χ0v) is 26.3. The minimum absolute atomic E-state index is 0.0408. The van der Waals surface area contributed by atoms with E-state index in [0.29, 0.717) is 17.1 Å². The summed E-state index contributed by atoms with van der Waals surface area (Å²) in [6.07, 6.45) is -2.16. The fourth-order valence-electron chi connectivity index (χ4n) is 4.69. The lowest BCUT2D eigenvalue weighted by Crippen LogP contribution is -2.25. The molecule has 0 saturated heterocycles. The minimum atomic E-state index is -1.10. The molecule has 4 rings (SSSR count). The van der Waals surface area contributed by atoms with Crippen LogP contribution in [0.15, 0.2) is 84.9 Å². The van der Waals surface area contributed by atoms with Crippen molar-refractivity contribution in [2.24, 2.45) is 0 Å². The molecule has 0 fully saturated rings. The Hall–Kier alpha value is -5.26. The Morgan fingerprint density at radius 2 is 0.979 bits per heavy atom. The van der Waals surface area contributed by atoms with Gasteiger partial charge in [-0.25, -0.2) is 9.59 Å². The minimum Gasteiger partial charge on any atom is -0.508 e. The molecule has 0 aliphatic rings. The summed E-state index contributed by atoms with van der Waals surface area (Å²) in [7, 11) is 0. The first-order chi connectivity index (χ1) is 22.3. The molecule has 0 bridgehead atoms. The lowest BCUT2D eigenvalue weighted by Gasteiger charge is -2.26. The van der Waals surface area contributed by atoms with Crippen molar-refractivity contribution in [1.29, 1.82) is 0 Å². The molecule has 0 heterocycles. The van der Waals surface area contributed by atoms with Gasteiger partial charge in [0.25, 0.3) is 0 Å². The number of carbonyl (C=O) groups is 2. The van der Waals surface area contributed by atoms with E-state index in [1.165, 1.54) is 12.1 Å². The van der Waals surface area contributed by atoms with Crippen LogP contribution in [0, 0.1) is 6.92 Å². The number of benzene rings is 4. The lowest BCUT2D eigenvalue weighted by atomic mass is 9.78. The molecule has 2 unspecified atom stereocenters. The van der Waals surface area contributed by atoms with Crippen molar-refractivity contribution >= 4 is 11.9 Å². The van der Waals surface area contributed by atoms with Crippen molar-refractivity contribution in [3.63, 3.8) is 0 Å². The summed E-state index contributed by atoms with van der Waals surface area (Å²) in [5, 5.41) is 49.1. The number of phenols is 3. The molecule has 47 heavy (non-hydrogen) atoms. The van der Waals surface area contributed by atoms with E-state index in [4.69, 9.17) is 18.9 Å². The second kappa shape index (κ2) is 15.4. The first-order valence-corrected chi connectivity index (χ1v) is 14.8. The first-order valence-electron chi connectivity index (χ1n) is 14.8. The van der Waals surface area contributed by atoms with Crippen molar-refractivity contribution in [1.82, 2.24) is 0 Å². The molecular formula is C36H38O11. The Kier molecular flexibility index (Phi) is 11.3. The van der Waals surface area contributed by atoms with Crippen LogP contribution in [0.2, 0.25) is 0 Å². The van der Waals surface area contributed by atoms with Crippen molar-refractivity contribution in [2.45, 2.75) is 38.4 Å². The smallest absolute Gasteiger partial charge is 0.338 e. The van der Waals surface area contributed by atoms with Crippen molar-refractivity contribution in [2.75, 3.05) is 26.4 Å². The maximum Gasteiger partial charge on any atom is 0.338 e. The number of hydrogen-bond acceptors (Lipinski definition) is 11. The fourth-order valence-corrected chi connectivity index (χ4v) is 4.69. The van der Waals surface area contributed by atoms with E-state index in [9.17, 15) is 35.1 Å². The van der Waals surface area contributed by atoms with Crippen LogP contribution in [-0.4, -0.2) is 76.1 Å². The molecule has 0 radical (unpaired) electrons. The molecule has 0 aromatic heterocycles. The van der Waals surface area contributed by atoms with E-state index in [2.05, 4.69) is 13.8 Å². The summed E-state index contributed by atoms with van der Waals surface area (Å²) in [6, 6.07) is 22.6. The number of esters is 2. The maximum absolute atomic E-state index is 12.2. The van der Waals surface area contributed by atoms with E-state index in [0.717, 1.165) is 29.3 Å². The molecule has 0 amide bonds. The molecule has 4 aromatic carbocycles. The second-order valence-corrected chi connectivity index (χ2v) is 11.6. The zero-order chi connectivity index (χ0) is 34.1. The number of aliphatic hydroxyl groups is 2. The summed E-state index contributed by atoms with van der Waals surface area (Å²) >= 11 is 0. The third kappa shape index (κ3) is 9.86. The van der Waals surface area contributed by atoms with Gasteiger partial charge in [-0.3, -0.25) is 0 Å². The summed E-state index contributed by atoms with van der Waals surface area (Å²) in [5.41, 5.74) is 2.48. The van der Waals surface area contributed by atoms with Gasteiger partial charge in [-0.15, -0.1) is 0 Å². The van der Waals surface area contributed by atoms with E-state index < -0.39 is 24.1 Å². The molecule has 11 nitrogen and oxygen atoms in total. The third-order valence-corrected chi connectivity index (χ3v) is 7.29. The van der Waals surface area contributed by atoms with Gasteiger partial charge in [-0.1, -0.05) is 38.1 Å². The maximum atomic E-state index is 12.2. The van der Waals surface area contributed by atoms with Crippen LogP contribution in [0.25, 0.3) is 0 Å².